The molecule has 0 N–H and O–H groups in total. The summed E-state index contributed by atoms with van der Waals surface area (Å²) in [6.07, 6.45) is 0.489. The number of furan rings is 1. The second-order valence-electron chi connectivity index (χ2n) is 5.04. The van der Waals surface area contributed by atoms with Crippen molar-refractivity contribution in [2.75, 3.05) is 7.11 Å². The summed E-state index contributed by atoms with van der Waals surface area (Å²) < 4.78 is 39.5. The number of nitrogens with zero attached hydrogens (tertiary/aromatic N) is 3. The first-order chi connectivity index (χ1) is 11.0. The molecule has 0 aliphatic rings. The lowest BCUT2D eigenvalue weighted by molar-refractivity contribution is 0.370. The van der Waals surface area contributed by atoms with Gasteiger partial charge in [0.2, 0.25) is 4.96 Å². The van der Waals surface area contributed by atoms with Crippen LogP contribution in [-0.4, -0.2) is 21.7 Å². The molecule has 5 nitrogen and oxygen atoms in total. The highest BCUT2D eigenvalue weighted by molar-refractivity contribution is 7.16. The Morgan fingerprint density at radius 3 is 2.87 bits per heavy atom. The van der Waals surface area contributed by atoms with Gasteiger partial charge in [-0.25, -0.2) is 18.3 Å². The SMILES string of the molecule is COc1cc(F)c2cc(-c3cn4nc([C@H](C)F)sc4n3)oc2c1. The lowest BCUT2D eigenvalue weighted by Crippen LogP contribution is -1.86. The molecule has 0 aliphatic heterocycles. The molecule has 0 bridgehead atoms. The number of hydrogen-bond donors (Lipinski definition) is 0. The fourth-order valence-corrected chi connectivity index (χ4v) is 3.12. The lowest BCUT2D eigenvalue weighted by atomic mass is 10.2. The minimum Gasteiger partial charge on any atom is -0.497 e. The van der Waals surface area contributed by atoms with Crippen molar-refractivity contribution in [3.05, 3.63) is 35.2 Å². The van der Waals surface area contributed by atoms with Crippen LogP contribution >= 0.6 is 11.3 Å². The number of methoxy groups -OCH3 is 1. The van der Waals surface area contributed by atoms with E-state index in [4.69, 9.17) is 9.15 Å². The van der Waals surface area contributed by atoms with E-state index in [0.717, 1.165) is 0 Å². The normalized spacial score (nSPS) is 13.0. The number of benzene rings is 1. The van der Waals surface area contributed by atoms with Gasteiger partial charge in [-0.1, -0.05) is 11.3 Å². The van der Waals surface area contributed by atoms with Crippen LogP contribution < -0.4 is 4.74 Å². The van der Waals surface area contributed by atoms with Crippen molar-refractivity contribution in [3.8, 4) is 17.2 Å². The fraction of sp³-hybridized carbons (Fsp3) is 0.200. The molecular weight excluding hydrogens is 324 g/mol. The number of halogens is 2. The molecule has 0 aliphatic carbocycles. The minimum absolute atomic E-state index is 0.350. The molecule has 118 valence electrons. The molecule has 8 heteroatoms. The molecule has 3 aromatic heterocycles. The number of imidazole rings is 1. The molecular formula is C15H11F2N3O2S. The molecule has 0 radical (unpaired) electrons. The molecule has 0 saturated carbocycles. The molecule has 4 aromatic rings. The van der Waals surface area contributed by atoms with Gasteiger partial charge in [-0.2, -0.15) is 5.10 Å². The summed E-state index contributed by atoms with van der Waals surface area (Å²) in [6.45, 7) is 1.43. The number of aromatic nitrogens is 3. The zero-order valence-electron chi connectivity index (χ0n) is 12.2. The van der Waals surface area contributed by atoms with E-state index in [1.165, 1.54) is 36.0 Å². The van der Waals surface area contributed by atoms with Gasteiger partial charge in [0.05, 0.1) is 18.7 Å². The maximum Gasteiger partial charge on any atom is 0.212 e. The van der Waals surface area contributed by atoms with E-state index in [2.05, 4.69) is 10.1 Å². The Kier molecular flexibility index (Phi) is 3.08. The molecule has 23 heavy (non-hydrogen) atoms. The standard InChI is InChI=1S/C15H11F2N3O2S/c1-7(16)14-19-20-6-11(18-15(20)23-14)13-5-9-10(17)3-8(21-2)4-12(9)22-13/h3-7H,1-2H3/t7-/m0/s1. The van der Waals surface area contributed by atoms with Gasteiger partial charge in [0.15, 0.2) is 16.9 Å². The summed E-state index contributed by atoms with van der Waals surface area (Å²) in [5, 5.41) is 4.83. The first-order valence-corrected chi connectivity index (χ1v) is 7.64. The number of fused-ring (bicyclic) bond motifs is 2. The average molecular weight is 335 g/mol. The van der Waals surface area contributed by atoms with Gasteiger partial charge in [-0.05, 0) is 13.0 Å². The lowest BCUT2D eigenvalue weighted by Gasteiger charge is -1.98. The molecule has 0 saturated heterocycles. The summed E-state index contributed by atoms with van der Waals surface area (Å²) in [6, 6.07) is 4.49. The third-order valence-electron chi connectivity index (χ3n) is 3.45. The fourth-order valence-electron chi connectivity index (χ4n) is 2.31. The zero-order chi connectivity index (χ0) is 16.1. The smallest absolute Gasteiger partial charge is 0.212 e. The molecule has 4 rings (SSSR count). The Morgan fingerprint density at radius 1 is 1.35 bits per heavy atom. The van der Waals surface area contributed by atoms with Crippen molar-refractivity contribution < 1.29 is 17.9 Å². The highest BCUT2D eigenvalue weighted by Crippen LogP contribution is 2.33. The Balaban J connectivity index is 1.82. The van der Waals surface area contributed by atoms with E-state index in [1.807, 2.05) is 0 Å². The molecule has 1 aromatic carbocycles. The Labute approximate surface area is 133 Å². The van der Waals surface area contributed by atoms with E-state index in [9.17, 15) is 8.78 Å². The van der Waals surface area contributed by atoms with Crippen molar-refractivity contribution in [1.29, 1.82) is 0 Å². The van der Waals surface area contributed by atoms with E-state index in [-0.39, 0.29) is 0 Å². The largest absolute Gasteiger partial charge is 0.497 e. The molecule has 3 heterocycles. The summed E-state index contributed by atoms with van der Waals surface area (Å²) in [5.74, 6) is 0.367. The van der Waals surface area contributed by atoms with Gasteiger partial charge in [-0.15, -0.1) is 0 Å². The van der Waals surface area contributed by atoms with Crippen LogP contribution in [0.1, 0.15) is 18.1 Å². The average Bonchev–Trinajstić information content (AvgIpc) is 3.18. The van der Waals surface area contributed by atoms with Crippen LogP contribution in [0, 0.1) is 5.82 Å². The van der Waals surface area contributed by atoms with Crippen molar-refractivity contribution in [2.45, 2.75) is 13.1 Å². The topological polar surface area (TPSA) is 52.6 Å². The number of ether oxygens (including phenoxy) is 1. The Hall–Kier alpha value is -2.48. The van der Waals surface area contributed by atoms with Crippen molar-refractivity contribution in [2.24, 2.45) is 0 Å². The van der Waals surface area contributed by atoms with Crippen molar-refractivity contribution >= 4 is 27.3 Å². The number of rotatable bonds is 3. The van der Waals surface area contributed by atoms with Gasteiger partial charge < -0.3 is 9.15 Å². The van der Waals surface area contributed by atoms with E-state index >= 15 is 0 Å². The number of hydrogen-bond acceptors (Lipinski definition) is 5. The first-order valence-electron chi connectivity index (χ1n) is 6.83. The second-order valence-corrected chi connectivity index (χ2v) is 6.03. The minimum atomic E-state index is -1.14. The second kappa shape index (κ2) is 5.02. The van der Waals surface area contributed by atoms with Crippen LogP contribution in [0.2, 0.25) is 0 Å². The highest BCUT2D eigenvalue weighted by atomic mass is 32.1. The first kappa shape index (κ1) is 14.1. The van der Waals surface area contributed by atoms with Crippen LogP contribution in [0.25, 0.3) is 27.4 Å². The van der Waals surface area contributed by atoms with E-state index < -0.39 is 12.0 Å². The van der Waals surface area contributed by atoms with Crippen molar-refractivity contribution in [3.63, 3.8) is 0 Å². The van der Waals surface area contributed by atoms with Crippen LogP contribution in [0.3, 0.4) is 0 Å². The maximum absolute atomic E-state index is 14.0. The van der Waals surface area contributed by atoms with Gasteiger partial charge in [-0.3, -0.25) is 0 Å². The van der Waals surface area contributed by atoms with Gasteiger partial charge in [0, 0.05) is 12.1 Å². The van der Waals surface area contributed by atoms with E-state index in [1.54, 1.807) is 18.3 Å². The molecule has 0 amide bonds. The maximum atomic E-state index is 14.0. The van der Waals surface area contributed by atoms with Crippen LogP contribution in [0.15, 0.2) is 28.8 Å². The van der Waals surface area contributed by atoms with Gasteiger partial charge >= 0.3 is 0 Å². The van der Waals surface area contributed by atoms with Crippen LogP contribution in [0.4, 0.5) is 8.78 Å². The Morgan fingerprint density at radius 2 is 2.17 bits per heavy atom. The summed E-state index contributed by atoms with van der Waals surface area (Å²) in [5.41, 5.74) is 0.885. The van der Waals surface area contributed by atoms with Gasteiger partial charge in [0.25, 0.3) is 0 Å². The molecule has 0 fully saturated rings. The van der Waals surface area contributed by atoms with Crippen LogP contribution in [-0.2, 0) is 0 Å². The van der Waals surface area contributed by atoms with E-state index in [0.29, 0.717) is 38.1 Å². The quantitative estimate of drug-likeness (QED) is 0.557. The van der Waals surface area contributed by atoms with Gasteiger partial charge in [0.1, 0.15) is 22.8 Å². The zero-order valence-corrected chi connectivity index (χ0v) is 13.0. The predicted octanol–water partition coefficient (Wildman–Crippen LogP) is 4.38. The Bertz CT molecular complexity index is 987. The predicted molar refractivity (Wildman–Crippen MR) is 82.1 cm³/mol. The summed E-state index contributed by atoms with van der Waals surface area (Å²) in [7, 11) is 1.46. The summed E-state index contributed by atoms with van der Waals surface area (Å²) >= 11 is 1.17. The molecule has 0 spiro atoms. The number of alkyl halides is 1. The monoisotopic (exact) mass is 335 g/mol. The van der Waals surface area contributed by atoms with Crippen LogP contribution in [0.5, 0.6) is 5.75 Å². The molecule has 1 atom stereocenters. The third-order valence-corrected chi connectivity index (χ3v) is 4.52. The third kappa shape index (κ3) is 2.26. The van der Waals surface area contributed by atoms with Crippen molar-refractivity contribution in [1.82, 2.24) is 14.6 Å². The summed E-state index contributed by atoms with van der Waals surface area (Å²) in [4.78, 5) is 4.91. The highest BCUT2D eigenvalue weighted by Gasteiger charge is 2.17. The molecule has 0 unspecified atom stereocenters.